The Morgan fingerprint density at radius 2 is 1.96 bits per heavy atom. The summed E-state index contributed by atoms with van der Waals surface area (Å²) in [6.07, 6.45) is 0.768. The monoisotopic (exact) mass is 370 g/mol. The Balaban J connectivity index is 2.36. The molecular weight excluding hydrogens is 356 g/mol. The number of benzene rings is 2. The summed E-state index contributed by atoms with van der Waals surface area (Å²) in [7, 11) is -4.03. The minimum Gasteiger partial charge on any atom is -0.491 e. The Bertz CT molecular complexity index is 855. The summed E-state index contributed by atoms with van der Waals surface area (Å²) in [5, 5.41) is 10.8. The number of nitro groups is 1. The number of anilines is 1. The Kier molecular flexibility index (Phi) is 5.63. The van der Waals surface area contributed by atoms with Gasteiger partial charge in [0.2, 0.25) is 0 Å². The molecule has 0 amide bonds. The lowest BCUT2D eigenvalue weighted by molar-refractivity contribution is -0.384. The number of ether oxygens (including phenoxy) is 1. The van der Waals surface area contributed by atoms with Crippen LogP contribution in [0.3, 0.4) is 0 Å². The minimum absolute atomic E-state index is 0.134. The van der Waals surface area contributed by atoms with Gasteiger partial charge in [-0.3, -0.25) is 14.8 Å². The zero-order valence-corrected chi connectivity index (χ0v) is 14.3. The molecule has 0 radical (unpaired) electrons. The normalized spacial score (nSPS) is 11.1. The van der Waals surface area contributed by atoms with Gasteiger partial charge in [0.1, 0.15) is 10.8 Å². The van der Waals surface area contributed by atoms with Crippen LogP contribution in [-0.2, 0) is 10.0 Å². The molecule has 0 aromatic heterocycles. The number of sulfonamides is 1. The number of nitrogens with one attached hydrogen (secondary N) is 1. The molecular formula is C15H15ClN2O5S. The summed E-state index contributed by atoms with van der Waals surface area (Å²) in [5.74, 6) is 0.381. The molecule has 0 aliphatic heterocycles. The van der Waals surface area contributed by atoms with Gasteiger partial charge in [0, 0.05) is 6.07 Å². The van der Waals surface area contributed by atoms with Crippen molar-refractivity contribution in [2.24, 2.45) is 0 Å². The van der Waals surface area contributed by atoms with E-state index in [2.05, 4.69) is 4.72 Å². The van der Waals surface area contributed by atoms with Crippen molar-refractivity contribution in [3.8, 4) is 5.75 Å². The zero-order chi connectivity index (χ0) is 17.7. The molecule has 0 unspecified atom stereocenters. The molecule has 2 aromatic rings. The van der Waals surface area contributed by atoms with Crippen LogP contribution in [0, 0.1) is 10.1 Å². The van der Waals surface area contributed by atoms with Crippen LogP contribution in [0.15, 0.2) is 47.4 Å². The van der Waals surface area contributed by atoms with Gasteiger partial charge < -0.3 is 4.74 Å². The van der Waals surface area contributed by atoms with Crippen molar-refractivity contribution in [3.05, 3.63) is 57.6 Å². The van der Waals surface area contributed by atoms with Gasteiger partial charge in [-0.15, -0.1) is 0 Å². The zero-order valence-electron chi connectivity index (χ0n) is 12.7. The second kappa shape index (κ2) is 7.50. The maximum absolute atomic E-state index is 12.5. The van der Waals surface area contributed by atoms with Crippen molar-refractivity contribution in [1.82, 2.24) is 0 Å². The molecule has 0 saturated heterocycles. The van der Waals surface area contributed by atoms with Crippen LogP contribution in [-0.4, -0.2) is 19.9 Å². The third-order valence-electron chi connectivity index (χ3n) is 3.02. The van der Waals surface area contributed by atoms with Crippen LogP contribution in [0.1, 0.15) is 13.3 Å². The molecule has 0 saturated carbocycles. The van der Waals surface area contributed by atoms with E-state index in [0.717, 1.165) is 12.5 Å². The second-order valence-corrected chi connectivity index (χ2v) is 6.91. The molecule has 2 rings (SSSR count). The van der Waals surface area contributed by atoms with Gasteiger partial charge in [-0.05, 0) is 30.7 Å². The second-order valence-electron chi connectivity index (χ2n) is 4.82. The average Bonchev–Trinajstić information content (AvgIpc) is 2.53. The van der Waals surface area contributed by atoms with E-state index in [4.69, 9.17) is 16.3 Å². The van der Waals surface area contributed by atoms with E-state index in [-0.39, 0.29) is 15.6 Å². The summed E-state index contributed by atoms with van der Waals surface area (Å²) in [6.45, 7) is 2.37. The summed E-state index contributed by atoms with van der Waals surface area (Å²) >= 11 is 5.71. The van der Waals surface area contributed by atoms with E-state index in [0.29, 0.717) is 12.4 Å². The molecule has 0 heterocycles. The van der Waals surface area contributed by atoms with E-state index in [1.54, 1.807) is 24.3 Å². The molecule has 1 N–H and O–H groups in total. The number of nitrogens with zero attached hydrogens (tertiary/aromatic N) is 1. The smallest absolute Gasteiger partial charge is 0.289 e. The highest BCUT2D eigenvalue weighted by Crippen LogP contribution is 2.30. The largest absolute Gasteiger partial charge is 0.491 e. The van der Waals surface area contributed by atoms with E-state index >= 15 is 0 Å². The van der Waals surface area contributed by atoms with Gasteiger partial charge in [-0.2, -0.15) is 0 Å². The van der Waals surface area contributed by atoms with Crippen molar-refractivity contribution < 1.29 is 18.1 Å². The number of hydrogen-bond donors (Lipinski definition) is 1. The van der Waals surface area contributed by atoms with Crippen molar-refractivity contribution in [2.75, 3.05) is 11.3 Å². The molecule has 0 bridgehead atoms. The highest BCUT2D eigenvalue weighted by Gasteiger charge is 2.21. The van der Waals surface area contributed by atoms with E-state index in [9.17, 15) is 18.5 Å². The molecule has 2 aromatic carbocycles. The van der Waals surface area contributed by atoms with E-state index < -0.39 is 20.6 Å². The number of halogens is 1. The topological polar surface area (TPSA) is 98.5 Å². The highest BCUT2D eigenvalue weighted by molar-refractivity contribution is 7.92. The lowest BCUT2D eigenvalue weighted by atomic mass is 10.3. The number of hydrogen-bond acceptors (Lipinski definition) is 5. The van der Waals surface area contributed by atoms with Crippen molar-refractivity contribution in [3.63, 3.8) is 0 Å². The first kappa shape index (κ1) is 18.0. The minimum atomic E-state index is -4.03. The maximum atomic E-state index is 12.5. The molecule has 0 fully saturated rings. The third-order valence-corrected chi connectivity index (χ3v) is 4.70. The molecule has 0 spiro atoms. The Morgan fingerprint density at radius 3 is 2.62 bits per heavy atom. The van der Waals surface area contributed by atoms with E-state index in [1.807, 2.05) is 6.92 Å². The lowest BCUT2D eigenvalue weighted by Crippen LogP contribution is -2.14. The van der Waals surface area contributed by atoms with Gasteiger partial charge in [-0.25, -0.2) is 8.42 Å². The first-order valence-electron chi connectivity index (χ1n) is 7.03. The molecule has 9 heteroatoms. The first-order valence-corrected chi connectivity index (χ1v) is 8.90. The van der Waals surface area contributed by atoms with Gasteiger partial charge in [0.05, 0.1) is 22.1 Å². The van der Waals surface area contributed by atoms with Crippen LogP contribution in [0.4, 0.5) is 11.4 Å². The number of para-hydroxylation sites is 2. The number of rotatable bonds is 7. The van der Waals surface area contributed by atoms with Gasteiger partial charge in [-0.1, -0.05) is 30.7 Å². The highest BCUT2D eigenvalue weighted by atomic mass is 35.5. The molecule has 128 valence electrons. The fraction of sp³-hybridized carbons (Fsp3) is 0.200. The summed E-state index contributed by atoms with van der Waals surface area (Å²) < 4.78 is 32.8. The predicted molar refractivity (Wildman–Crippen MR) is 91.1 cm³/mol. The van der Waals surface area contributed by atoms with Crippen molar-refractivity contribution in [2.45, 2.75) is 18.2 Å². The standard InChI is InChI=1S/C15H15ClN2O5S/c1-2-9-23-15-6-4-3-5-13(15)17-24(21,22)11-7-8-12(16)14(10-11)18(19)20/h3-8,10,17H,2,9H2,1H3. The first-order chi connectivity index (χ1) is 11.3. The maximum Gasteiger partial charge on any atom is 0.289 e. The quantitative estimate of drug-likeness (QED) is 0.589. The predicted octanol–water partition coefficient (Wildman–Crippen LogP) is 3.84. The fourth-order valence-corrected chi connectivity index (χ4v) is 3.17. The average molecular weight is 371 g/mol. The SMILES string of the molecule is CCCOc1ccccc1NS(=O)(=O)c1ccc(Cl)c([N+](=O)[O-])c1. The summed E-state index contributed by atoms with van der Waals surface area (Å²) in [5.41, 5.74) is -0.224. The number of nitro benzene ring substituents is 1. The molecule has 24 heavy (non-hydrogen) atoms. The Hall–Kier alpha value is -2.32. The molecule has 0 aliphatic carbocycles. The third kappa shape index (κ3) is 4.15. The van der Waals surface area contributed by atoms with Gasteiger partial charge >= 0.3 is 0 Å². The van der Waals surface area contributed by atoms with Crippen LogP contribution >= 0.6 is 11.6 Å². The Labute approximate surface area is 144 Å². The van der Waals surface area contributed by atoms with E-state index in [1.165, 1.54) is 12.1 Å². The fourth-order valence-electron chi connectivity index (χ4n) is 1.89. The van der Waals surface area contributed by atoms with Crippen molar-refractivity contribution >= 4 is 33.0 Å². The lowest BCUT2D eigenvalue weighted by Gasteiger charge is -2.13. The molecule has 0 aliphatic rings. The Morgan fingerprint density at radius 1 is 1.25 bits per heavy atom. The van der Waals surface area contributed by atoms with Gasteiger partial charge in [0.15, 0.2) is 0 Å². The molecule has 7 nitrogen and oxygen atoms in total. The van der Waals surface area contributed by atoms with Gasteiger partial charge in [0.25, 0.3) is 15.7 Å². The van der Waals surface area contributed by atoms with Crippen LogP contribution in [0.2, 0.25) is 5.02 Å². The summed E-state index contributed by atoms with van der Waals surface area (Å²) in [6, 6.07) is 9.85. The van der Waals surface area contributed by atoms with Crippen molar-refractivity contribution in [1.29, 1.82) is 0 Å². The van der Waals surface area contributed by atoms with Crippen LogP contribution < -0.4 is 9.46 Å². The van der Waals surface area contributed by atoms with Crippen LogP contribution in [0.5, 0.6) is 5.75 Å². The molecule has 0 atom stereocenters. The van der Waals surface area contributed by atoms with Crippen LogP contribution in [0.25, 0.3) is 0 Å². The summed E-state index contributed by atoms with van der Waals surface area (Å²) in [4.78, 5) is 9.92.